The molecular weight excluding hydrogens is 134 g/mol. The molecule has 0 aliphatic heterocycles. The summed E-state index contributed by atoms with van der Waals surface area (Å²) in [4.78, 5) is 2.28. The molecule has 0 aromatic carbocycles. The molecule has 1 nitrogen and oxygen atoms in total. The zero-order valence-corrected chi connectivity index (χ0v) is 8.72. The summed E-state index contributed by atoms with van der Waals surface area (Å²) in [6, 6.07) is 0. The van der Waals surface area contributed by atoms with E-state index < -0.39 is 0 Å². The van der Waals surface area contributed by atoms with Gasteiger partial charge in [0.25, 0.3) is 0 Å². The Morgan fingerprint density at radius 3 is 1.82 bits per heavy atom. The van der Waals surface area contributed by atoms with Crippen LogP contribution in [-0.4, -0.2) is 25.5 Å². The Hall–Kier alpha value is -0.0400. The predicted molar refractivity (Wildman–Crippen MR) is 51.8 cm³/mol. The van der Waals surface area contributed by atoms with E-state index in [0.717, 1.165) is 11.8 Å². The Labute approximate surface area is 71.8 Å². The Bertz CT molecular complexity index is 84.9. The molecular formula is C10H23N. The summed E-state index contributed by atoms with van der Waals surface area (Å²) in [5.41, 5.74) is 0. The lowest BCUT2D eigenvalue weighted by Crippen LogP contribution is -2.24. The van der Waals surface area contributed by atoms with Crippen LogP contribution < -0.4 is 0 Å². The summed E-state index contributed by atoms with van der Waals surface area (Å²) in [7, 11) is 4.30. The first-order valence-corrected chi connectivity index (χ1v) is 4.76. The molecule has 0 saturated heterocycles. The fourth-order valence-corrected chi connectivity index (χ4v) is 1.82. The van der Waals surface area contributed by atoms with Gasteiger partial charge in [0.2, 0.25) is 0 Å². The van der Waals surface area contributed by atoms with E-state index in [-0.39, 0.29) is 0 Å². The molecule has 0 spiro atoms. The zero-order valence-electron chi connectivity index (χ0n) is 8.72. The van der Waals surface area contributed by atoms with Crippen LogP contribution in [0.1, 0.15) is 33.6 Å². The largest absolute Gasteiger partial charge is 0.309 e. The van der Waals surface area contributed by atoms with Gasteiger partial charge in [-0.15, -0.1) is 0 Å². The molecule has 0 unspecified atom stereocenters. The van der Waals surface area contributed by atoms with Gasteiger partial charge in [0.05, 0.1) is 0 Å². The normalized spacial score (nSPS) is 14.5. The number of hydrogen-bond donors (Lipinski definition) is 0. The lowest BCUT2D eigenvalue weighted by molar-refractivity contribution is 0.252. The van der Waals surface area contributed by atoms with Crippen molar-refractivity contribution in [2.45, 2.75) is 33.6 Å². The molecule has 0 rings (SSSR count). The van der Waals surface area contributed by atoms with Crippen molar-refractivity contribution in [1.82, 2.24) is 4.90 Å². The molecule has 0 aromatic rings. The molecule has 0 aliphatic carbocycles. The van der Waals surface area contributed by atoms with Gasteiger partial charge in [-0.25, -0.2) is 0 Å². The van der Waals surface area contributed by atoms with Crippen LogP contribution in [0, 0.1) is 11.8 Å². The second-order valence-electron chi connectivity index (χ2n) is 3.82. The number of nitrogens with zero attached hydrogens (tertiary/aromatic N) is 1. The Morgan fingerprint density at radius 2 is 1.55 bits per heavy atom. The highest BCUT2D eigenvalue weighted by molar-refractivity contribution is 4.65. The number of hydrogen-bond acceptors (Lipinski definition) is 1. The molecule has 0 aromatic heterocycles. The summed E-state index contributed by atoms with van der Waals surface area (Å²) >= 11 is 0. The molecule has 0 amide bonds. The molecule has 0 aliphatic rings. The molecule has 0 N–H and O–H groups in total. The fraction of sp³-hybridized carbons (Fsp3) is 1.00. The second-order valence-corrected chi connectivity index (χ2v) is 3.82. The van der Waals surface area contributed by atoms with Crippen LogP contribution in [0.3, 0.4) is 0 Å². The van der Waals surface area contributed by atoms with E-state index in [1.54, 1.807) is 0 Å². The van der Waals surface area contributed by atoms with Crippen molar-refractivity contribution < 1.29 is 0 Å². The third-order valence-electron chi connectivity index (χ3n) is 2.51. The van der Waals surface area contributed by atoms with Gasteiger partial charge in [-0.3, -0.25) is 0 Å². The van der Waals surface area contributed by atoms with E-state index in [9.17, 15) is 0 Å². The van der Waals surface area contributed by atoms with E-state index in [0.29, 0.717) is 0 Å². The van der Waals surface area contributed by atoms with Gasteiger partial charge >= 0.3 is 0 Å². The van der Waals surface area contributed by atoms with Crippen LogP contribution in [0.25, 0.3) is 0 Å². The maximum Gasteiger partial charge on any atom is 0.000356 e. The van der Waals surface area contributed by atoms with Gasteiger partial charge in [-0.1, -0.05) is 33.6 Å². The summed E-state index contributed by atoms with van der Waals surface area (Å²) in [5, 5.41) is 0. The van der Waals surface area contributed by atoms with Crippen LogP contribution in [-0.2, 0) is 0 Å². The highest BCUT2D eigenvalue weighted by Crippen LogP contribution is 2.19. The standard InChI is InChI=1S/C10H23N/c1-6-10(7-2)9(3)8-11(4)5/h9-10H,6-8H2,1-5H3/t9-/m0/s1. The Kier molecular flexibility index (Phi) is 5.57. The zero-order chi connectivity index (χ0) is 8.85. The average Bonchev–Trinajstić information content (AvgIpc) is 1.88. The van der Waals surface area contributed by atoms with E-state index in [2.05, 4.69) is 39.8 Å². The van der Waals surface area contributed by atoms with Crippen molar-refractivity contribution in [3.63, 3.8) is 0 Å². The minimum absolute atomic E-state index is 0.847. The van der Waals surface area contributed by atoms with E-state index >= 15 is 0 Å². The lowest BCUT2D eigenvalue weighted by atomic mass is 9.89. The van der Waals surface area contributed by atoms with Crippen LogP contribution in [0.15, 0.2) is 0 Å². The van der Waals surface area contributed by atoms with Crippen molar-refractivity contribution in [1.29, 1.82) is 0 Å². The molecule has 1 heteroatoms. The van der Waals surface area contributed by atoms with E-state index in [1.807, 2.05) is 0 Å². The van der Waals surface area contributed by atoms with Gasteiger partial charge in [0.15, 0.2) is 0 Å². The second kappa shape index (κ2) is 5.59. The third-order valence-corrected chi connectivity index (χ3v) is 2.51. The summed E-state index contributed by atoms with van der Waals surface area (Å²) in [6.45, 7) is 8.17. The van der Waals surface area contributed by atoms with Gasteiger partial charge in [-0.05, 0) is 25.9 Å². The molecule has 68 valence electrons. The van der Waals surface area contributed by atoms with E-state index in [4.69, 9.17) is 0 Å². The maximum absolute atomic E-state index is 2.36. The first-order valence-electron chi connectivity index (χ1n) is 4.76. The van der Waals surface area contributed by atoms with Crippen molar-refractivity contribution in [3.8, 4) is 0 Å². The molecule has 0 radical (unpaired) electrons. The molecule has 0 bridgehead atoms. The van der Waals surface area contributed by atoms with Crippen molar-refractivity contribution in [2.75, 3.05) is 20.6 Å². The minimum atomic E-state index is 0.847. The van der Waals surface area contributed by atoms with Gasteiger partial charge in [-0.2, -0.15) is 0 Å². The third kappa shape index (κ3) is 4.41. The molecule has 0 saturated carbocycles. The maximum atomic E-state index is 2.36. The molecule has 0 heterocycles. The van der Waals surface area contributed by atoms with Crippen molar-refractivity contribution >= 4 is 0 Å². The highest BCUT2D eigenvalue weighted by atomic mass is 15.1. The van der Waals surface area contributed by atoms with Gasteiger partial charge < -0.3 is 4.90 Å². The smallest absolute Gasteiger partial charge is 0.000356 e. The average molecular weight is 157 g/mol. The predicted octanol–water partition coefficient (Wildman–Crippen LogP) is 2.62. The van der Waals surface area contributed by atoms with Gasteiger partial charge in [0.1, 0.15) is 0 Å². The fourth-order valence-electron chi connectivity index (χ4n) is 1.82. The molecule has 1 atom stereocenters. The number of rotatable bonds is 5. The molecule has 11 heavy (non-hydrogen) atoms. The minimum Gasteiger partial charge on any atom is -0.309 e. The van der Waals surface area contributed by atoms with E-state index in [1.165, 1.54) is 19.4 Å². The van der Waals surface area contributed by atoms with Crippen LogP contribution in [0.5, 0.6) is 0 Å². The van der Waals surface area contributed by atoms with Crippen molar-refractivity contribution in [3.05, 3.63) is 0 Å². The summed E-state index contributed by atoms with van der Waals surface area (Å²) in [6.07, 6.45) is 2.65. The molecule has 0 fully saturated rings. The Morgan fingerprint density at radius 1 is 1.09 bits per heavy atom. The topological polar surface area (TPSA) is 3.24 Å². The van der Waals surface area contributed by atoms with Crippen LogP contribution >= 0.6 is 0 Å². The highest BCUT2D eigenvalue weighted by Gasteiger charge is 2.13. The van der Waals surface area contributed by atoms with Crippen molar-refractivity contribution in [2.24, 2.45) is 11.8 Å². The summed E-state index contributed by atoms with van der Waals surface area (Å²) < 4.78 is 0. The Balaban J connectivity index is 3.68. The first-order chi connectivity index (χ1) is 5.11. The quantitative estimate of drug-likeness (QED) is 0.593. The lowest BCUT2D eigenvalue weighted by Gasteiger charge is -2.24. The van der Waals surface area contributed by atoms with Crippen LogP contribution in [0.2, 0.25) is 0 Å². The monoisotopic (exact) mass is 157 g/mol. The van der Waals surface area contributed by atoms with Gasteiger partial charge in [0, 0.05) is 6.54 Å². The van der Waals surface area contributed by atoms with Crippen LogP contribution in [0.4, 0.5) is 0 Å². The summed E-state index contributed by atoms with van der Waals surface area (Å²) in [5.74, 6) is 1.76. The first kappa shape index (κ1) is 11.0. The SMILES string of the molecule is CCC(CC)[C@@H](C)CN(C)C.